The van der Waals surface area contributed by atoms with Crippen LogP contribution in [0, 0.1) is 0 Å². The highest BCUT2D eigenvalue weighted by Gasteiger charge is 2.18. The summed E-state index contributed by atoms with van der Waals surface area (Å²) in [5.41, 5.74) is 14.1. The lowest BCUT2D eigenvalue weighted by Crippen LogP contribution is -2.02. The van der Waals surface area contributed by atoms with Crippen LogP contribution in [0.3, 0.4) is 0 Å². The van der Waals surface area contributed by atoms with Gasteiger partial charge in [0.15, 0.2) is 5.82 Å². The van der Waals surface area contributed by atoms with E-state index in [0.717, 1.165) is 51.8 Å². The first-order valence-corrected chi connectivity index (χ1v) is 19.0. The van der Waals surface area contributed by atoms with Crippen molar-refractivity contribution in [3.63, 3.8) is 0 Å². The second-order valence-electron chi connectivity index (χ2n) is 14.5. The molecule has 0 saturated carbocycles. The van der Waals surface area contributed by atoms with Gasteiger partial charge >= 0.3 is 0 Å². The van der Waals surface area contributed by atoms with Crippen LogP contribution in [0.15, 0.2) is 182 Å². The summed E-state index contributed by atoms with van der Waals surface area (Å²) in [6.45, 7) is 0. The Balaban J connectivity index is 0.895. The van der Waals surface area contributed by atoms with E-state index in [-0.39, 0.29) is 0 Å². The van der Waals surface area contributed by atoms with E-state index < -0.39 is 0 Å². The van der Waals surface area contributed by atoms with Gasteiger partial charge in [0.1, 0.15) is 0 Å². The maximum Gasteiger partial charge on any atom is 0.161 e. The van der Waals surface area contributed by atoms with Gasteiger partial charge in [0.2, 0.25) is 0 Å². The van der Waals surface area contributed by atoms with E-state index in [1.54, 1.807) is 0 Å². The van der Waals surface area contributed by atoms with Crippen LogP contribution < -0.4 is 0 Å². The lowest BCUT2D eigenvalue weighted by Gasteiger charge is -2.14. The van der Waals surface area contributed by atoms with Crippen molar-refractivity contribution < 1.29 is 0 Å². The molecule has 55 heavy (non-hydrogen) atoms. The van der Waals surface area contributed by atoms with Gasteiger partial charge in [-0.25, -0.2) is 9.97 Å². The molecule has 3 heteroatoms. The predicted octanol–water partition coefficient (Wildman–Crippen LogP) is 13.5. The van der Waals surface area contributed by atoms with E-state index in [9.17, 15) is 0 Å². The van der Waals surface area contributed by atoms with Crippen LogP contribution in [0.2, 0.25) is 0 Å². The standard InChI is InChI=1S/C52H35N3/c1-2-12-43-36(10-1)11-9-16-46(43)52-53-48-17-6-3-15-47(48)51(54-52)37-22-20-34(21-23-37)38-24-26-41-33-39(25-27-40(41)32-38)35-28-30-42(31-29-35)55-49-18-7-4-13-44(49)45-14-5-8-19-50(45)55/h1-7,9-18,20-33H,8,19H2. The van der Waals surface area contributed by atoms with Gasteiger partial charge in [0.05, 0.1) is 16.7 Å². The highest BCUT2D eigenvalue weighted by atomic mass is 15.0. The number of hydrogen-bond donors (Lipinski definition) is 0. The van der Waals surface area contributed by atoms with E-state index in [2.05, 4.69) is 187 Å². The molecule has 11 rings (SSSR count). The lowest BCUT2D eigenvalue weighted by molar-refractivity contribution is 0.888. The molecule has 0 fully saturated rings. The van der Waals surface area contributed by atoms with Crippen molar-refractivity contribution in [2.45, 2.75) is 12.8 Å². The number of allylic oxidation sites excluding steroid dienone is 1. The maximum absolute atomic E-state index is 5.20. The van der Waals surface area contributed by atoms with Gasteiger partial charge in [-0.1, -0.05) is 152 Å². The summed E-state index contributed by atoms with van der Waals surface area (Å²) >= 11 is 0. The Morgan fingerprint density at radius 3 is 1.85 bits per heavy atom. The monoisotopic (exact) mass is 701 g/mol. The zero-order valence-corrected chi connectivity index (χ0v) is 30.2. The van der Waals surface area contributed by atoms with Crippen molar-refractivity contribution in [3.8, 4) is 50.6 Å². The number of para-hydroxylation sites is 2. The van der Waals surface area contributed by atoms with Crippen molar-refractivity contribution in [3.05, 3.63) is 193 Å². The summed E-state index contributed by atoms with van der Waals surface area (Å²) in [5, 5.41) is 7.16. The van der Waals surface area contributed by atoms with E-state index in [1.807, 2.05) is 6.07 Å². The van der Waals surface area contributed by atoms with Gasteiger partial charge in [-0.3, -0.25) is 0 Å². The average molecular weight is 702 g/mol. The molecule has 0 unspecified atom stereocenters. The quantitative estimate of drug-likeness (QED) is 0.179. The molecule has 0 saturated heterocycles. The molecule has 10 aromatic rings. The van der Waals surface area contributed by atoms with E-state index >= 15 is 0 Å². The summed E-state index contributed by atoms with van der Waals surface area (Å²) in [6, 6.07) is 63.3. The Morgan fingerprint density at radius 2 is 1.07 bits per heavy atom. The first kappa shape index (κ1) is 31.4. The third-order valence-corrected chi connectivity index (χ3v) is 11.3. The SMILES string of the molecule is C1=Cc2c(n(-c3ccc(-c4ccc5cc(-c6ccc(-c7nc(-c8cccc9ccccc89)nc8ccccc78)cc6)ccc5c4)cc3)c3ccccc23)CC1. The molecular weight excluding hydrogens is 667 g/mol. The first-order chi connectivity index (χ1) is 27.2. The largest absolute Gasteiger partial charge is 0.313 e. The van der Waals surface area contributed by atoms with Gasteiger partial charge in [-0.05, 0) is 93.0 Å². The minimum atomic E-state index is 0.741. The van der Waals surface area contributed by atoms with Crippen LogP contribution in [0.5, 0.6) is 0 Å². The minimum absolute atomic E-state index is 0.741. The molecule has 1 aliphatic rings. The van der Waals surface area contributed by atoms with Crippen LogP contribution in [0.4, 0.5) is 0 Å². The smallest absolute Gasteiger partial charge is 0.161 e. The van der Waals surface area contributed by atoms with Crippen LogP contribution in [-0.4, -0.2) is 14.5 Å². The third kappa shape index (κ3) is 5.35. The zero-order valence-electron chi connectivity index (χ0n) is 30.2. The molecule has 0 aliphatic heterocycles. The topological polar surface area (TPSA) is 30.7 Å². The molecule has 0 N–H and O–H groups in total. The van der Waals surface area contributed by atoms with Crippen LogP contribution in [0.1, 0.15) is 17.7 Å². The normalized spacial score (nSPS) is 12.5. The fraction of sp³-hybridized carbons (Fsp3) is 0.0385. The highest BCUT2D eigenvalue weighted by Crippen LogP contribution is 2.37. The molecule has 8 aromatic carbocycles. The molecule has 0 radical (unpaired) electrons. The molecular formula is C52H35N3. The predicted molar refractivity (Wildman–Crippen MR) is 230 cm³/mol. The van der Waals surface area contributed by atoms with Crippen LogP contribution in [0.25, 0.3) is 100 Å². The summed E-state index contributed by atoms with van der Waals surface area (Å²) in [4.78, 5) is 10.2. The molecule has 2 heterocycles. The summed E-state index contributed by atoms with van der Waals surface area (Å²) < 4.78 is 2.45. The van der Waals surface area contributed by atoms with Crippen molar-refractivity contribution in [2.75, 3.05) is 0 Å². The number of nitrogens with zero attached hydrogens (tertiary/aromatic N) is 3. The fourth-order valence-electron chi connectivity index (χ4n) is 8.53. The van der Waals surface area contributed by atoms with Gasteiger partial charge in [0.25, 0.3) is 0 Å². The summed E-state index contributed by atoms with van der Waals surface area (Å²) in [7, 11) is 0. The van der Waals surface area contributed by atoms with Crippen molar-refractivity contribution in [1.82, 2.24) is 14.5 Å². The number of benzene rings is 8. The van der Waals surface area contributed by atoms with Gasteiger partial charge < -0.3 is 4.57 Å². The van der Waals surface area contributed by atoms with Gasteiger partial charge in [-0.2, -0.15) is 0 Å². The Hall–Kier alpha value is -7.10. The number of hydrogen-bond acceptors (Lipinski definition) is 2. The lowest BCUT2D eigenvalue weighted by atomic mass is 9.96. The maximum atomic E-state index is 5.20. The first-order valence-electron chi connectivity index (χ1n) is 19.0. The summed E-state index contributed by atoms with van der Waals surface area (Å²) in [5.74, 6) is 0.741. The molecule has 258 valence electrons. The van der Waals surface area contributed by atoms with Gasteiger partial charge in [-0.15, -0.1) is 0 Å². The molecule has 2 aromatic heterocycles. The van der Waals surface area contributed by atoms with E-state index in [0.29, 0.717) is 0 Å². The molecule has 0 spiro atoms. The fourth-order valence-corrected chi connectivity index (χ4v) is 8.53. The number of aromatic nitrogens is 3. The van der Waals surface area contributed by atoms with Crippen LogP contribution in [-0.2, 0) is 6.42 Å². The molecule has 1 aliphatic carbocycles. The number of fused-ring (bicyclic) bond motifs is 6. The van der Waals surface area contributed by atoms with Crippen molar-refractivity contribution >= 4 is 49.4 Å². The second kappa shape index (κ2) is 12.8. The third-order valence-electron chi connectivity index (χ3n) is 11.3. The van der Waals surface area contributed by atoms with E-state index in [1.165, 1.54) is 66.3 Å². The van der Waals surface area contributed by atoms with Crippen molar-refractivity contribution in [2.24, 2.45) is 0 Å². The Morgan fingerprint density at radius 1 is 0.455 bits per heavy atom. The molecule has 3 nitrogen and oxygen atoms in total. The summed E-state index contributed by atoms with van der Waals surface area (Å²) in [6.07, 6.45) is 6.74. The molecule has 0 amide bonds. The van der Waals surface area contributed by atoms with Gasteiger partial charge in [0, 0.05) is 38.8 Å². The molecule has 0 bridgehead atoms. The Labute approximate surface area is 319 Å². The second-order valence-corrected chi connectivity index (χ2v) is 14.5. The minimum Gasteiger partial charge on any atom is -0.313 e. The average Bonchev–Trinajstić information content (AvgIpc) is 3.60. The molecule has 0 atom stereocenters. The number of rotatable bonds is 5. The Bertz CT molecular complexity index is 3130. The zero-order chi connectivity index (χ0) is 36.3. The van der Waals surface area contributed by atoms with Crippen molar-refractivity contribution in [1.29, 1.82) is 0 Å². The highest BCUT2D eigenvalue weighted by molar-refractivity contribution is 5.99. The van der Waals surface area contributed by atoms with E-state index in [4.69, 9.17) is 9.97 Å². The van der Waals surface area contributed by atoms with Crippen LogP contribution >= 0.6 is 0 Å². The Kier molecular flexibility index (Phi) is 7.31.